The van der Waals surface area contributed by atoms with Gasteiger partial charge in [-0.2, -0.15) is 0 Å². The van der Waals surface area contributed by atoms with Gasteiger partial charge in [0.25, 0.3) is 0 Å². The largest absolute Gasteiger partial charge is 0.573 e. The molecule has 27 heavy (non-hydrogen) atoms. The molecule has 5 nitrogen and oxygen atoms in total. The fraction of sp³-hybridized carbons (Fsp3) is 0.211. The Bertz CT molecular complexity index is 904. The first-order chi connectivity index (χ1) is 12.8. The maximum absolute atomic E-state index is 12.4. The zero-order valence-electron chi connectivity index (χ0n) is 14.3. The van der Waals surface area contributed by atoms with Crippen LogP contribution in [0.5, 0.6) is 5.75 Å². The Morgan fingerprint density at radius 1 is 1.15 bits per heavy atom. The first kappa shape index (κ1) is 18.6. The Morgan fingerprint density at radius 2 is 1.85 bits per heavy atom. The minimum absolute atomic E-state index is 0.120. The van der Waals surface area contributed by atoms with Crippen molar-refractivity contribution in [1.29, 1.82) is 0 Å². The number of ether oxygens (including phenoxy) is 1. The minimum atomic E-state index is -4.80. The monoisotopic (exact) mass is 378 g/mol. The lowest BCUT2D eigenvalue weighted by Crippen LogP contribution is -2.36. The second-order valence-electron chi connectivity index (χ2n) is 5.89. The SMILES string of the molecule is C[C@@H](NC(=O)NCc1ccccc1OC(F)(F)F)c1cc2ccccc2o1. The zero-order chi connectivity index (χ0) is 19.4. The van der Waals surface area contributed by atoms with Crippen molar-refractivity contribution in [2.45, 2.75) is 25.9 Å². The summed E-state index contributed by atoms with van der Waals surface area (Å²) in [5.41, 5.74) is 0.918. The topological polar surface area (TPSA) is 63.5 Å². The number of urea groups is 1. The van der Waals surface area contributed by atoms with E-state index in [-0.39, 0.29) is 17.9 Å². The highest BCUT2D eigenvalue weighted by atomic mass is 19.4. The molecule has 2 amide bonds. The van der Waals surface area contributed by atoms with Crippen LogP contribution in [0.3, 0.4) is 0 Å². The molecule has 3 rings (SSSR count). The number of nitrogens with one attached hydrogen (secondary N) is 2. The summed E-state index contributed by atoms with van der Waals surface area (Å²) in [6.45, 7) is 1.63. The Kier molecular flexibility index (Phi) is 5.25. The Morgan fingerprint density at radius 3 is 2.59 bits per heavy atom. The van der Waals surface area contributed by atoms with E-state index < -0.39 is 18.4 Å². The maximum Gasteiger partial charge on any atom is 0.573 e. The zero-order valence-corrected chi connectivity index (χ0v) is 14.3. The van der Waals surface area contributed by atoms with Crippen LogP contribution in [0.2, 0.25) is 0 Å². The van der Waals surface area contributed by atoms with Gasteiger partial charge in [-0.25, -0.2) is 4.79 Å². The normalized spacial score (nSPS) is 12.6. The van der Waals surface area contributed by atoms with Crippen molar-refractivity contribution in [1.82, 2.24) is 10.6 Å². The molecule has 0 aliphatic heterocycles. The van der Waals surface area contributed by atoms with E-state index in [1.807, 2.05) is 30.3 Å². The number of fused-ring (bicyclic) bond motifs is 1. The second-order valence-corrected chi connectivity index (χ2v) is 5.89. The van der Waals surface area contributed by atoms with E-state index in [1.54, 1.807) is 13.0 Å². The van der Waals surface area contributed by atoms with Gasteiger partial charge in [0.15, 0.2) is 0 Å². The molecule has 2 N–H and O–H groups in total. The van der Waals surface area contributed by atoms with E-state index >= 15 is 0 Å². The van der Waals surface area contributed by atoms with E-state index in [2.05, 4.69) is 15.4 Å². The van der Waals surface area contributed by atoms with Gasteiger partial charge in [0.2, 0.25) is 0 Å². The number of carbonyl (C=O) groups is 1. The number of amides is 2. The molecule has 0 bridgehead atoms. The third-order valence-electron chi connectivity index (χ3n) is 3.86. The quantitative estimate of drug-likeness (QED) is 0.664. The van der Waals surface area contributed by atoms with Crippen LogP contribution in [-0.4, -0.2) is 12.4 Å². The highest BCUT2D eigenvalue weighted by molar-refractivity contribution is 5.78. The van der Waals surface area contributed by atoms with Crippen LogP contribution in [0.25, 0.3) is 11.0 Å². The Labute approximate surface area is 153 Å². The lowest BCUT2D eigenvalue weighted by atomic mass is 10.2. The van der Waals surface area contributed by atoms with E-state index in [0.717, 1.165) is 5.39 Å². The van der Waals surface area contributed by atoms with Crippen molar-refractivity contribution in [3.63, 3.8) is 0 Å². The highest BCUT2D eigenvalue weighted by Crippen LogP contribution is 2.26. The average Bonchev–Trinajstić information content (AvgIpc) is 3.04. The summed E-state index contributed by atoms with van der Waals surface area (Å²) in [6, 6.07) is 14.0. The lowest BCUT2D eigenvalue weighted by molar-refractivity contribution is -0.274. The van der Waals surface area contributed by atoms with Crippen molar-refractivity contribution in [3.8, 4) is 5.75 Å². The standard InChI is InChI=1S/C19H17F3N2O3/c1-12(17-10-13-6-2-4-8-15(13)26-17)24-18(25)23-11-14-7-3-5-9-16(14)27-19(20,21)22/h2-10,12H,11H2,1H3,(H2,23,24,25)/t12-/m1/s1. The van der Waals surface area contributed by atoms with Crippen LogP contribution in [0, 0.1) is 0 Å². The summed E-state index contributed by atoms with van der Waals surface area (Å²) < 4.78 is 46.9. The van der Waals surface area contributed by atoms with Crippen LogP contribution in [0.4, 0.5) is 18.0 Å². The van der Waals surface area contributed by atoms with Gasteiger partial charge in [-0.05, 0) is 25.1 Å². The van der Waals surface area contributed by atoms with Gasteiger partial charge in [-0.1, -0.05) is 36.4 Å². The highest BCUT2D eigenvalue weighted by Gasteiger charge is 2.32. The molecule has 8 heteroatoms. The molecule has 0 radical (unpaired) electrons. The summed E-state index contributed by atoms with van der Waals surface area (Å²) >= 11 is 0. The van der Waals surface area contributed by atoms with Gasteiger partial charge in [0.05, 0.1) is 6.04 Å². The molecule has 1 aromatic heterocycles. The molecule has 0 aliphatic carbocycles. The van der Waals surface area contributed by atoms with Gasteiger partial charge in [-0.15, -0.1) is 13.2 Å². The smallest absolute Gasteiger partial charge is 0.459 e. The average molecular weight is 378 g/mol. The second kappa shape index (κ2) is 7.61. The maximum atomic E-state index is 12.4. The summed E-state index contributed by atoms with van der Waals surface area (Å²) in [4.78, 5) is 12.1. The molecule has 0 saturated heterocycles. The molecule has 1 heterocycles. The predicted octanol–water partition coefficient (Wildman–Crippen LogP) is 4.89. The molecule has 2 aromatic carbocycles. The number of para-hydroxylation sites is 2. The molecule has 142 valence electrons. The molecular weight excluding hydrogens is 361 g/mol. The van der Waals surface area contributed by atoms with Crippen molar-refractivity contribution in [2.24, 2.45) is 0 Å². The van der Waals surface area contributed by atoms with E-state index in [9.17, 15) is 18.0 Å². The van der Waals surface area contributed by atoms with Crippen LogP contribution < -0.4 is 15.4 Å². The molecular formula is C19H17F3N2O3. The van der Waals surface area contributed by atoms with Gasteiger partial charge >= 0.3 is 12.4 Å². The predicted molar refractivity (Wildman–Crippen MR) is 93.1 cm³/mol. The van der Waals surface area contributed by atoms with Crippen LogP contribution >= 0.6 is 0 Å². The number of alkyl halides is 3. The lowest BCUT2D eigenvalue weighted by Gasteiger charge is -2.15. The molecule has 0 fully saturated rings. The number of rotatable bonds is 5. The third-order valence-corrected chi connectivity index (χ3v) is 3.86. The number of carbonyl (C=O) groups excluding carboxylic acids is 1. The molecule has 3 aromatic rings. The minimum Gasteiger partial charge on any atom is -0.459 e. The number of furan rings is 1. The van der Waals surface area contributed by atoms with Crippen LogP contribution in [-0.2, 0) is 6.54 Å². The Hall–Kier alpha value is -3.16. The molecule has 0 spiro atoms. The van der Waals surface area contributed by atoms with Gasteiger partial charge in [-0.3, -0.25) is 0 Å². The Balaban J connectivity index is 1.60. The fourth-order valence-corrected chi connectivity index (χ4v) is 2.58. The number of halogens is 3. The van der Waals surface area contributed by atoms with E-state index in [0.29, 0.717) is 11.3 Å². The molecule has 0 aliphatic rings. The number of benzene rings is 2. The van der Waals surface area contributed by atoms with Crippen molar-refractivity contribution in [3.05, 3.63) is 65.9 Å². The van der Waals surface area contributed by atoms with Crippen molar-refractivity contribution >= 4 is 17.0 Å². The summed E-state index contributed by atoms with van der Waals surface area (Å²) in [6.07, 6.45) is -4.80. The van der Waals surface area contributed by atoms with Crippen LogP contribution in [0.1, 0.15) is 24.3 Å². The number of hydrogen-bond donors (Lipinski definition) is 2. The molecule has 0 unspecified atom stereocenters. The molecule has 0 saturated carbocycles. The number of hydrogen-bond acceptors (Lipinski definition) is 3. The van der Waals surface area contributed by atoms with Gasteiger partial charge in [0, 0.05) is 17.5 Å². The first-order valence-electron chi connectivity index (χ1n) is 8.18. The van der Waals surface area contributed by atoms with Gasteiger partial charge in [0.1, 0.15) is 17.1 Å². The first-order valence-corrected chi connectivity index (χ1v) is 8.18. The summed E-state index contributed by atoms with van der Waals surface area (Å²) in [7, 11) is 0. The van der Waals surface area contributed by atoms with Crippen LogP contribution in [0.15, 0.2) is 59.0 Å². The summed E-state index contributed by atoms with van der Waals surface area (Å²) in [5.74, 6) is 0.225. The third kappa shape index (κ3) is 4.93. The van der Waals surface area contributed by atoms with Crippen molar-refractivity contribution < 1.29 is 27.1 Å². The van der Waals surface area contributed by atoms with Gasteiger partial charge < -0.3 is 19.8 Å². The van der Waals surface area contributed by atoms with E-state index in [1.165, 1.54) is 18.2 Å². The van der Waals surface area contributed by atoms with E-state index in [4.69, 9.17) is 4.42 Å². The van der Waals surface area contributed by atoms with Crippen molar-refractivity contribution in [2.75, 3.05) is 0 Å². The summed E-state index contributed by atoms with van der Waals surface area (Å²) in [5, 5.41) is 6.13. The fourth-order valence-electron chi connectivity index (χ4n) is 2.58. The molecule has 1 atom stereocenters.